The number of hydrogen-bond acceptors (Lipinski definition) is 3. The zero-order valence-corrected chi connectivity index (χ0v) is 9.48. The Hall–Kier alpha value is -1.42. The molecule has 4 nitrogen and oxygen atoms in total. The lowest BCUT2D eigenvalue weighted by atomic mass is 9.80. The summed E-state index contributed by atoms with van der Waals surface area (Å²) in [6, 6.07) is 6.03. The van der Waals surface area contributed by atoms with Gasteiger partial charge in [0.2, 0.25) is 0 Å². The van der Waals surface area contributed by atoms with Crippen molar-refractivity contribution in [3.05, 3.63) is 30.2 Å². The fourth-order valence-electron chi connectivity index (χ4n) is 2.46. The van der Waals surface area contributed by atoms with Crippen molar-refractivity contribution in [2.24, 2.45) is 0 Å². The molecule has 1 saturated heterocycles. The van der Waals surface area contributed by atoms with Gasteiger partial charge in [0.1, 0.15) is 5.82 Å². The van der Waals surface area contributed by atoms with Crippen LogP contribution in [-0.4, -0.2) is 27.7 Å². The van der Waals surface area contributed by atoms with E-state index >= 15 is 0 Å². The van der Waals surface area contributed by atoms with Gasteiger partial charge in [-0.3, -0.25) is 4.40 Å². The highest BCUT2D eigenvalue weighted by molar-refractivity contribution is 5.38. The van der Waals surface area contributed by atoms with Crippen molar-refractivity contribution in [2.75, 3.05) is 13.1 Å². The van der Waals surface area contributed by atoms with Crippen LogP contribution >= 0.6 is 0 Å². The molecule has 3 heterocycles. The van der Waals surface area contributed by atoms with E-state index in [4.69, 9.17) is 0 Å². The van der Waals surface area contributed by atoms with Gasteiger partial charge < -0.3 is 5.32 Å². The maximum atomic E-state index is 4.38. The lowest BCUT2D eigenvalue weighted by molar-refractivity contribution is 0.317. The maximum Gasteiger partial charge on any atom is 0.160 e. The van der Waals surface area contributed by atoms with Gasteiger partial charge in [-0.1, -0.05) is 13.0 Å². The molecule has 0 bridgehead atoms. The van der Waals surface area contributed by atoms with Gasteiger partial charge in [0.25, 0.3) is 0 Å². The summed E-state index contributed by atoms with van der Waals surface area (Å²) in [5.74, 6) is 1.10. The molecule has 1 aliphatic heterocycles. The van der Waals surface area contributed by atoms with Crippen LogP contribution in [0.4, 0.5) is 0 Å². The van der Waals surface area contributed by atoms with Gasteiger partial charge >= 0.3 is 0 Å². The minimum atomic E-state index is 0.159. The second-order valence-electron chi connectivity index (χ2n) is 4.76. The van der Waals surface area contributed by atoms with Crippen LogP contribution in [0.2, 0.25) is 0 Å². The summed E-state index contributed by atoms with van der Waals surface area (Å²) in [5, 5.41) is 12.0. The first-order valence-corrected chi connectivity index (χ1v) is 5.81. The van der Waals surface area contributed by atoms with Crippen LogP contribution in [0.5, 0.6) is 0 Å². The van der Waals surface area contributed by atoms with Gasteiger partial charge in [0.15, 0.2) is 5.65 Å². The van der Waals surface area contributed by atoms with Crippen LogP contribution in [0.25, 0.3) is 5.65 Å². The molecule has 1 fully saturated rings. The maximum absolute atomic E-state index is 4.38. The smallest absolute Gasteiger partial charge is 0.160 e. The summed E-state index contributed by atoms with van der Waals surface area (Å²) in [5.41, 5.74) is 1.10. The lowest BCUT2D eigenvalue weighted by Crippen LogP contribution is -2.38. The Kier molecular flexibility index (Phi) is 2.17. The molecule has 0 aromatic carbocycles. The largest absolute Gasteiger partial charge is 0.317 e. The van der Waals surface area contributed by atoms with Gasteiger partial charge in [-0.25, -0.2) is 0 Å². The predicted octanol–water partition coefficient (Wildman–Crippen LogP) is 1.37. The Balaban J connectivity index is 2.11. The standard InChI is InChI=1S/C12H16N4/c1-12(5-7-13-8-6-12)11-15-14-10-4-2-3-9-16(10)11/h2-4,9,13H,5-8H2,1H3. The number of rotatable bonds is 1. The molecule has 0 spiro atoms. The van der Waals surface area contributed by atoms with Gasteiger partial charge in [0.05, 0.1) is 0 Å². The van der Waals surface area contributed by atoms with Gasteiger partial charge in [-0.05, 0) is 38.1 Å². The topological polar surface area (TPSA) is 42.2 Å². The Labute approximate surface area is 94.7 Å². The number of fused-ring (bicyclic) bond motifs is 1. The molecule has 16 heavy (non-hydrogen) atoms. The highest BCUT2D eigenvalue weighted by atomic mass is 15.3. The summed E-state index contributed by atoms with van der Waals surface area (Å²) in [6.45, 7) is 4.42. The zero-order valence-electron chi connectivity index (χ0n) is 9.48. The number of pyridine rings is 1. The third kappa shape index (κ3) is 1.41. The van der Waals surface area contributed by atoms with Crippen LogP contribution in [0, 0.1) is 0 Å². The Morgan fingerprint density at radius 1 is 1.25 bits per heavy atom. The first-order chi connectivity index (χ1) is 7.80. The molecule has 1 N–H and O–H groups in total. The van der Waals surface area contributed by atoms with Crippen LogP contribution in [0.1, 0.15) is 25.6 Å². The molecule has 0 saturated carbocycles. The molecule has 4 heteroatoms. The number of aromatic nitrogens is 3. The first-order valence-electron chi connectivity index (χ1n) is 5.81. The summed E-state index contributed by atoms with van der Waals surface area (Å²) < 4.78 is 2.12. The van der Waals surface area contributed by atoms with Crippen LogP contribution in [-0.2, 0) is 5.41 Å². The van der Waals surface area contributed by atoms with Crippen LogP contribution < -0.4 is 5.32 Å². The van der Waals surface area contributed by atoms with E-state index in [9.17, 15) is 0 Å². The van der Waals surface area contributed by atoms with Crippen molar-refractivity contribution in [2.45, 2.75) is 25.2 Å². The van der Waals surface area contributed by atoms with Crippen molar-refractivity contribution in [3.63, 3.8) is 0 Å². The van der Waals surface area contributed by atoms with Crippen molar-refractivity contribution in [3.8, 4) is 0 Å². The van der Waals surface area contributed by atoms with Crippen molar-refractivity contribution >= 4 is 5.65 Å². The highest BCUT2D eigenvalue weighted by Gasteiger charge is 2.33. The van der Waals surface area contributed by atoms with E-state index in [1.165, 1.54) is 0 Å². The SMILES string of the molecule is CC1(c2nnc3ccccn23)CCNCC1. The van der Waals surface area contributed by atoms with E-state index in [2.05, 4.69) is 33.0 Å². The molecule has 0 unspecified atom stereocenters. The molecular weight excluding hydrogens is 200 g/mol. The summed E-state index contributed by atoms with van der Waals surface area (Å²) in [4.78, 5) is 0. The third-order valence-corrected chi connectivity index (χ3v) is 3.56. The average Bonchev–Trinajstić information content (AvgIpc) is 2.74. The molecule has 0 atom stereocenters. The average molecular weight is 216 g/mol. The molecular formula is C12H16N4. The lowest BCUT2D eigenvalue weighted by Gasteiger charge is -2.32. The van der Waals surface area contributed by atoms with E-state index in [0.29, 0.717) is 0 Å². The van der Waals surface area contributed by atoms with Crippen LogP contribution in [0.3, 0.4) is 0 Å². The summed E-state index contributed by atoms with van der Waals surface area (Å²) in [6.07, 6.45) is 4.31. The Morgan fingerprint density at radius 3 is 2.88 bits per heavy atom. The van der Waals surface area contributed by atoms with Crippen LogP contribution in [0.15, 0.2) is 24.4 Å². The van der Waals surface area contributed by atoms with E-state index < -0.39 is 0 Å². The molecule has 2 aromatic rings. The minimum absolute atomic E-state index is 0.159. The number of hydrogen-bond donors (Lipinski definition) is 1. The van der Waals surface area contributed by atoms with E-state index in [1.54, 1.807) is 0 Å². The molecule has 0 amide bonds. The quantitative estimate of drug-likeness (QED) is 0.783. The third-order valence-electron chi connectivity index (χ3n) is 3.56. The second-order valence-corrected chi connectivity index (χ2v) is 4.76. The van der Waals surface area contributed by atoms with Gasteiger partial charge in [-0.15, -0.1) is 10.2 Å². The van der Waals surface area contributed by atoms with Gasteiger partial charge in [-0.2, -0.15) is 0 Å². The van der Waals surface area contributed by atoms with Crippen molar-refractivity contribution in [1.82, 2.24) is 19.9 Å². The van der Waals surface area contributed by atoms with E-state index in [-0.39, 0.29) is 5.41 Å². The molecule has 1 aliphatic rings. The second kappa shape index (κ2) is 3.56. The van der Waals surface area contributed by atoms with E-state index in [0.717, 1.165) is 37.4 Å². The minimum Gasteiger partial charge on any atom is -0.317 e. The molecule has 0 aliphatic carbocycles. The summed E-state index contributed by atoms with van der Waals surface area (Å²) in [7, 11) is 0. The fourth-order valence-corrected chi connectivity index (χ4v) is 2.46. The Morgan fingerprint density at radius 2 is 2.06 bits per heavy atom. The molecule has 2 aromatic heterocycles. The normalized spacial score (nSPS) is 20.1. The predicted molar refractivity (Wildman–Crippen MR) is 62.4 cm³/mol. The number of nitrogens with one attached hydrogen (secondary N) is 1. The summed E-state index contributed by atoms with van der Waals surface area (Å²) >= 11 is 0. The zero-order chi connectivity index (χ0) is 11.0. The molecule has 84 valence electrons. The molecule has 0 radical (unpaired) electrons. The fraction of sp³-hybridized carbons (Fsp3) is 0.500. The van der Waals surface area contributed by atoms with Crippen molar-refractivity contribution in [1.29, 1.82) is 0 Å². The highest BCUT2D eigenvalue weighted by Crippen LogP contribution is 2.31. The van der Waals surface area contributed by atoms with Gasteiger partial charge in [0, 0.05) is 11.6 Å². The van der Waals surface area contributed by atoms with Crippen molar-refractivity contribution < 1.29 is 0 Å². The van der Waals surface area contributed by atoms with E-state index in [1.807, 2.05) is 18.2 Å². The number of nitrogens with zero attached hydrogens (tertiary/aromatic N) is 3. The Bertz CT molecular complexity index is 496. The monoisotopic (exact) mass is 216 g/mol. The molecule has 3 rings (SSSR count). The number of piperidine rings is 1. The first kappa shape index (κ1) is 9.78.